The van der Waals surface area contributed by atoms with Gasteiger partial charge in [0.05, 0.1) is 17.8 Å². The van der Waals surface area contributed by atoms with Crippen LogP contribution in [0.1, 0.15) is 5.56 Å². The van der Waals surface area contributed by atoms with E-state index in [-0.39, 0.29) is 10.6 Å². The van der Waals surface area contributed by atoms with Gasteiger partial charge in [-0.1, -0.05) is 0 Å². The van der Waals surface area contributed by atoms with E-state index in [1.165, 1.54) is 6.07 Å². The number of H-pyrrole nitrogens is 1. The number of aromatic nitrogens is 3. The number of nitrogens with zero attached hydrogens (tertiary/aromatic N) is 3. The second-order valence-electron chi connectivity index (χ2n) is 4.04. The van der Waals surface area contributed by atoms with Crippen molar-refractivity contribution in [1.29, 1.82) is 0 Å². The van der Waals surface area contributed by atoms with E-state index in [0.717, 1.165) is 16.5 Å². The fourth-order valence-electron chi connectivity index (χ4n) is 1.99. The average Bonchev–Trinajstić information content (AvgIpc) is 2.99. The molecule has 1 aromatic carbocycles. The summed E-state index contributed by atoms with van der Waals surface area (Å²) in [5.74, 6) is 0. The van der Waals surface area contributed by atoms with E-state index in [1.54, 1.807) is 24.7 Å². The molecular formula is C12H10N4O2. The molecule has 0 bridgehead atoms. The van der Waals surface area contributed by atoms with E-state index < -0.39 is 0 Å². The molecule has 0 unspecified atom stereocenters. The van der Waals surface area contributed by atoms with E-state index in [2.05, 4.69) is 9.97 Å². The first-order valence-electron chi connectivity index (χ1n) is 5.44. The van der Waals surface area contributed by atoms with Crippen molar-refractivity contribution in [3.8, 4) is 0 Å². The molecular weight excluding hydrogens is 232 g/mol. The lowest BCUT2D eigenvalue weighted by molar-refractivity contribution is -0.384. The summed E-state index contributed by atoms with van der Waals surface area (Å²) in [7, 11) is 0. The van der Waals surface area contributed by atoms with Crippen LogP contribution >= 0.6 is 0 Å². The predicted molar refractivity (Wildman–Crippen MR) is 66.3 cm³/mol. The summed E-state index contributed by atoms with van der Waals surface area (Å²) in [5, 5.41) is 11.6. The summed E-state index contributed by atoms with van der Waals surface area (Å²) in [5.41, 5.74) is 2.01. The number of nitro benzene ring substituents is 1. The van der Waals surface area contributed by atoms with Crippen molar-refractivity contribution in [2.75, 3.05) is 0 Å². The number of imidazole rings is 1. The van der Waals surface area contributed by atoms with Gasteiger partial charge in [0.25, 0.3) is 5.69 Å². The predicted octanol–water partition coefficient (Wildman–Crippen LogP) is 2.32. The Morgan fingerprint density at radius 3 is 3.06 bits per heavy atom. The molecule has 6 nitrogen and oxygen atoms in total. The molecule has 1 N–H and O–H groups in total. The zero-order chi connectivity index (χ0) is 12.5. The fourth-order valence-corrected chi connectivity index (χ4v) is 1.99. The van der Waals surface area contributed by atoms with Gasteiger partial charge in [-0.15, -0.1) is 0 Å². The van der Waals surface area contributed by atoms with E-state index in [9.17, 15) is 10.1 Å². The molecule has 0 saturated carbocycles. The monoisotopic (exact) mass is 242 g/mol. The van der Waals surface area contributed by atoms with E-state index in [4.69, 9.17) is 0 Å². The summed E-state index contributed by atoms with van der Waals surface area (Å²) in [6, 6.07) is 4.82. The van der Waals surface area contributed by atoms with Crippen LogP contribution in [0.15, 0.2) is 43.1 Å². The SMILES string of the molecule is O=[N+]([O-])c1ccc2[nH]cc(Cn3ccnc3)c2c1. The van der Waals surface area contributed by atoms with Crippen LogP contribution in [0.2, 0.25) is 0 Å². The zero-order valence-electron chi connectivity index (χ0n) is 9.41. The van der Waals surface area contributed by atoms with Crippen LogP contribution in [-0.2, 0) is 6.54 Å². The lowest BCUT2D eigenvalue weighted by atomic mass is 10.1. The van der Waals surface area contributed by atoms with Crippen LogP contribution in [0.4, 0.5) is 5.69 Å². The molecule has 0 spiro atoms. The molecule has 18 heavy (non-hydrogen) atoms. The highest BCUT2D eigenvalue weighted by Crippen LogP contribution is 2.24. The second-order valence-corrected chi connectivity index (χ2v) is 4.04. The van der Waals surface area contributed by atoms with Crippen molar-refractivity contribution >= 4 is 16.6 Å². The summed E-state index contributed by atoms with van der Waals surface area (Å²) >= 11 is 0. The van der Waals surface area contributed by atoms with Gasteiger partial charge in [0.15, 0.2) is 0 Å². The Kier molecular flexibility index (Phi) is 2.33. The molecule has 90 valence electrons. The van der Waals surface area contributed by atoms with Crippen LogP contribution < -0.4 is 0 Å². The van der Waals surface area contributed by atoms with Gasteiger partial charge >= 0.3 is 0 Å². The number of aromatic amines is 1. The Balaban J connectivity index is 2.06. The quantitative estimate of drug-likeness (QED) is 0.565. The van der Waals surface area contributed by atoms with Gasteiger partial charge in [-0.3, -0.25) is 10.1 Å². The third kappa shape index (κ3) is 1.73. The van der Waals surface area contributed by atoms with Crippen molar-refractivity contribution in [2.24, 2.45) is 0 Å². The maximum Gasteiger partial charge on any atom is 0.270 e. The lowest BCUT2D eigenvalue weighted by Gasteiger charge is -2.00. The van der Waals surface area contributed by atoms with Crippen LogP contribution in [0.3, 0.4) is 0 Å². The summed E-state index contributed by atoms with van der Waals surface area (Å²) in [4.78, 5) is 17.5. The van der Waals surface area contributed by atoms with Gasteiger partial charge in [-0.2, -0.15) is 0 Å². The Morgan fingerprint density at radius 2 is 2.33 bits per heavy atom. The van der Waals surface area contributed by atoms with E-state index in [1.807, 2.05) is 17.0 Å². The molecule has 3 aromatic rings. The van der Waals surface area contributed by atoms with Gasteiger partial charge in [-0.25, -0.2) is 4.98 Å². The number of benzene rings is 1. The first-order valence-corrected chi connectivity index (χ1v) is 5.44. The van der Waals surface area contributed by atoms with Gasteiger partial charge < -0.3 is 9.55 Å². The maximum absolute atomic E-state index is 10.8. The van der Waals surface area contributed by atoms with Gasteiger partial charge in [0.2, 0.25) is 0 Å². The van der Waals surface area contributed by atoms with E-state index in [0.29, 0.717) is 6.54 Å². The van der Waals surface area contributed by atoms with Crippen molar-refractivity contribution in [3.05, 3.63) is 58.8 Å². The van der Waals surface area contributed by atoms with Crippen molar-refractivity contribution in [1.82, 2.24) is 14.5 Å². The molecule has 0 fully saturated rings. The minimum absolute atomic E-state index is 0.106. The fraction of sp³-hybridized carbons (Fsp3) is 0.0833. The smallest absolute Gasteiger partial charge is 0.270 e. The number of fused-ring (bicyclic) bond motifs is 1. The Labute approximate surface area is 102 Å². The van der Waals surface area contributed by atoms with Gasteiger partial charge in [0, 0.05) is 41.6 Å². The van der Waals surface area contributed by atoms with Crippen molar-refractivity contribution in [3.63, 3.8) is 0 Å². The van der Waals surface area contributed by atoms with Gasteiger partial charge in [-0.05, 0) is 11.6 Å². The molecule has 6 heteroatoms. The number of nitro groups is 1. The Hall–Kier alpha value is -2.63. The highest BCUT2D eigenvalue weighted by Gasteiger charge is 2.10. The van der Waals surface area contributed by atoms with Crippen molar-refractivity contribution < 1.29 is 4.92 Å². The maximum atomic E-state index is 10.8. The molecule has 0 amide bonds. The zero-order valence-corrected chi connectivity index (χ0v) is 9.41. The summed E-state index contributed by atoms with van der Waals surface area (Å²) in [6.07, 6.45) is 7.15. The molecule has 0 aliphatic carbocycles. The molecule has 0 atom stereocenters. The number of hydrogen-bond donors (Lipinski definition) is 1. The number of non-ortho nitro benzene ring substituents is 1. The third-order valence-electron chi connectivity index (χ3n) is 2.87. The molecule has 0 saturated heterocycles. The summed E-state index contributed by atoms with van der Waals surface area (Å²) in [6.45, 7) is 0.640. The second kappa shape index (κ2) is 3.99. The molecule has 2 aromatic heterocycles. The Morgan fingerprint density at radius 1 is 1.44 bits per heavy atom. The van der Waals surface area contributed by atoms with Crippen LogP contribution in [-0.4, -0.2) is 19.5 Å². The highest BCUT2D eigenvalue weighted by atomic mass is 16.6. The lowest BCUT2D eigenvalue weighted by Crippen LogP contribution is -1.95. The highest BCUT2D eigenvalue weighted by molar-refractivity contribution is 5.85. The molecule has 0 aliphatic heterocycles. The molecule has 0 aliphatic rings. The topological polar surface area (TPSA) is 76.8 Å². The Bertz CT molecular complexity index is 700. The number of nitrogens with one attached hydrogen (secondary N) is 1. The van der Waals surface area contributed by atoms with Crippen LogP contribution in [0.5, 0.6) is 0 Å². The summed E-state index contributed by atoms with van der Waals surface area (Å²) < 4.78 is 1.92. The largest absolute Gasteiger partial charge is 0.361 e. The van der Waals surface area contributed by atoms with Crippen LogP contribution in [0.25, 0.3) is 10.9 Å². The third-order valence-corrected chi connectivity index (χ3v) is 2.87. The molecule has 0 radical (unpaired) electrons. The van der Waals surface area contributed by atoms with Crippen LogP contribution in [0, 0.1) is 10.1 Å². The minimum atomic E-state index is -0.382. The number of hydrogen-bond acceptors (Lipinski definition) is 3. The normalized spacial score (nSPS) is 10.9. The van der Waals surface area contributed by atoms with Crippen molar-refractivity contribution in [2.45, 2.75) is 6.54 Å². The standard InChI is InChI=1S/C12H10N4O2/c17-16(18)10-1-2-12-11(5-10)9(6-14-12)7-15-4-3-13-8-15/h1-6,8,14H,7H2. The first-order chi connectivity index (χ1) is 8.74. The average molecular weight is 242 g/mol. The van der Waals surface area contributed by atoms with Gasteiger partial charge in [0.1, 0.15) is 0 Å². The molecule has 2 heterocycles. The number of rotatable bonds is 3. The van der Waals surface area contributed by atoms with E-state index >= 15 is 0 Å². The minimum Gasteiger partial charge on any atom is -0.361 e. The molecule has 3 rings (SSSR count). The first kappa shape index (κ1) is 10.5.